The first kappa shape index (κ1) is 20.8. The van der Waals surface area contributed by atoms with E-state index in [4.69, 9.17) is 10.00 Å². The molecule has 1 amide bonds. The first-order valence-corrected chi connectivity index (χ1v) is 9.76. The Balaban J connectivity index is 2.15. The minimum atomic E-state index is -0.561. The van der Waals surface area contributed by atoms with E-state index in [-0.39, 0.29) is 11.7 Å². The predicted molar refractivity (Wildman–Crippen MR) is 106 cm³/mol. The average Bonchev–Trinajstić information content (AvgIpc) is 3.02. The number of rotatable bonds is 3. The third-order valence-electron chi connectivity index (χ3n) is 3.78. The van der Waals surface area contributed by atoms with Crippen LogP contribution in [0.2, 0.25) is 0 Å². The first-order chi connectivity index (χ1) is 12.7. The molecule has 1 aromatic rings. The Morgan fingerprint density at radius 1 is 1.48 bits per heavy atom. The van der Waals surface area contributed by atoms with Crippen LogP contribution in [0.15, 0.2) is 23.2 Å². The molecule has 2 rings (SSSR count). The van der Waals surface area contributed by atoms with Crippen molar-refractivity contribution >= 4 is 34.4 Å². The number of carbonyl (C=O) groups is 1. The summed E-state index contributed by atoms with van der Waals surface area (Å²) in [5.41, 5.74) is 0.228. The number of nitrogens with zero attached hydrogens (tertiary/aromatic N) is 3. The monoisotopic (exact) mass is 393 g/mol. The molecule has 1 atom stereocenters. The molecule has 2 N–H and O–H groups in total. The normalized spacial score (nSPS) is 17.4. The molecule has 0 aromatic heterocycles. The number of benzene rings is 1. The van der Waals surface area contributed by atoms with Crippen molar-refractivity contribution in [1.82, 2.24) is 10.6 Å². The SMILES string of the molecule is CSC(=Nc1c(F)cccc1N1CCC(NC(=O)OC(C)(C)C)C1)NC#N. The molecule has 1 aliphatic heterocycles. The van der Waals surface area contributed by atoms with E-state index in [1.165, 1.54) is 17.8 Å². The van der Waals surface area contributed by atoms with Gasteiger partial charge in [0.25, 0.3) is 0 Å². The lowest BCUT2D eigenvalue weighted by Crippen LogP contribution is -2.40. The second-order valence-electron chi connectivity index (χ2n) is 7.04. The zero-order valence-electron chi connectivity index (χ0n) is 15.9. The van der Waals surface area contributed by atoms with E-state index in [9.17, 15) is 9.18 Å². The number of amidine groups is 1. The quantitative estimate of drug-likeness (QED) is 0.354. The maximum absolute atomic E-state index is 14.4. The van der Waals surface area contributed by atoms with E-state index < -0.39 is 17.5 Å². The van der Waals surface area contributed by atoms with E-state index in [0.717, 1.165) is 0 Å². The minimum Gasteiger partial charge on any atom is -0.444 e. The highest BCUT2D eigenvalue weighted by Gasteiger charge is 2.28. The molecular formula is C18H24FN5O2S. The number of aliphatic imine (C=N–C) groups is 1. The second kappa shape index (κ2) is 8.95. The fraction of sp³-hybridized carbons (Fsp3) is 0.500. The number of para-hydroxylation sites is 1. The first-order valence-electron chi connectivity index (χ1n) is 8.54. The van der Waals surface area contributed by atoms with Gasteiger partial charge in [0, 0.05) is 13.1 Å². The fourth-order valence-electron chi connectivity index (χ4n) is 2.71. The molecule has 27 heavy (non-hydrogen) atoms. The second-order valence-corrected chi connectivity index (χ2v) is 7.84. The van der Waals surface area contributed by atoms with Crippen molar-refractivity contribution in [2.24, 2.45) is 4.99 Å². The summed E-state index contributed by atoms with van der Waals surface area (Å²) >= 11 is 1.22. The molecule has 1 unspecified atom stereocenters. The van der Waals surface area contributed by atoms with Crippen LogP contribution < -0.4 is 15.5 Å². The van der Waals surface area contributed by atoms with Crippen molar-refractivity contribution in [3.05, 3.63) is 24.0 Å². The van der Waals surface area contributed by atoms with Crippen molar-refractivity contribution in [3.63, 3.8) is 0 Å². The largest absolute Gasteiger partial charge is 0.444 e. The summed E-state index contributed by atoms with van der Waals surface area (Å²) in [6.45, 7) is 6.59. The van der Waals surface area contributed by atoms with E-state index in [1.54, 1.807) is 24.6 Å². The number of nitriles is 1. The Morgan fingerprint density at radius 3 is 2.85 bits per heavy atom. The van der Waals surface area contributed by atoms with Crippen LogP contribution in [-0.2, 0) is 4.74 Å². The maximum atomic E-state index is 14.4. The molecule has 1 aliphatic rings. The molecule has 0 spiro atoms. The number of hydrogen-bond donors (Lipinski definition) is 2. The van der Waals surface area contributed by atoms with E-state index >= 15 is 0 Å². The van der Waals surface area contributed by atoms with Crippen LogP contribution in [0.3, 0.4) is 0 Å². The smallest absolute Gasteiger partial charge is 0.407 e. The Bertz CT molecular complexity index is 757. The molecular weight excluding hydrogens is 369 g/mol. The summed E-state index contributed by atoms with van der Waals surface area (Å²) in [6, 6.07) is 4.63. The number of thioether (sulfide) groups is 1. The number of amides is 1. The highest BCUT2D eigenvalue weighted by Crippen LogP contribution is 2.34. The number of alkyl carbamates (subject to hydrolysis) is 1. The van der Waals surface area contributed by atoms with Gasteiger partial charge in [0.15, 0.2) is 17.2 Å². The molecule has 1 saturated heterocycles. The van der Waals surface area contributed by atoms with Crippen molar-refractivity contribution < 1.29 is 13.9 Å². The zero-order valence-corrected chi connectivity index (χ0v) is 16.7. The molecule has 1 heterocycles. The van der Waals surface area contributed by atoms with Crippen LogP contribution in [0.1, 0.15) is 27.2 Å². The third-order valence-corrected chi connectivity index (χ3v) is 4.36. The van der Waals surface area contributed by atoms with Gasteiger partial charge in [0.2, 0.25) is 0 Å². The number of halogens is 1. The molecule has 0 aliphatic carbocycles. The zero-order chi connectivity index (χ0) is 20.0. The lowest BCUT2D eigenvalue weighted by atomic mass is 10.2. The van der Waals surface area contributed by atoms with Gasteiger partial charge in [-0.3, -0.25) is 5.32 Å². The van der Waals surface area contributed by atoms with E-state index in [1.807, 2.05) is 25.7 Å². The molecule has 1 fully saturated rings. The van der Waals surface area contributed by atoms with Crippen LogP contribution in [0, 0.1) is 17.3 Å². The molecule has 146 valence electrons. The lowest BCUT2D eigenvalue weighted by Gasteiger charge is -2.23. The van der Waals surface area contributed by atoms with Gasteiger partial charge in [-0.1, -0.05) is 17.8 Å². The minimum absolute atomic E-state index is 0.0998. The number of hydrogen-bond acceptors (Lipinski definition) is 6. The van der Waals surface area contributed by atoms with Crippen molar-refractivity contribution in [3.8, 4) is 6.19 Å². The van der Waals surface area contributed by atoms with Crippen molar-refractivity contribution in [2.45, 2.75) is 38.8 Å². The predicted octanol–water partition coefficient (Wildman–Crippen LogP) is 3.35. The molecule has 0 saturated carbocycles. The molecule has 0 bridgehead atoms. The fourth-order valence-corrected chi connectivity index (χ4v) is 3.05. The third kappa shape index (κ3) is 6.03. The average molecular weight is 393 g/mol. The standard InChI is InChI=1S/C18H24FN5O2S/c1-18(2,3)26-17(25)22-12-8-9-24(10-12)14-7-5-6-13(19)15(14)23-16(27-4)21-11-20/h5-7,12H,8-10H2,1-4H3,(H,21,23)(H,22,25). The van der Waals surface area contributed by atoms with Crippen LogP contribution in [0.5, 0.6) is 0 Å². The molecule has 7 nitrogen and oxygen atoms in total. The van der Waals surface area contributed by atoms with Gasteiger partial charge in [0.1, 0.15) is 11.3 Å². The molecule has 1 aromatic carbocycles. The van der Waals surface area contributed by atoms with Crippen LogP contribution in [0.4, 0.5) is 20.6 Å². The van der Waals surface area contributed by atoms with Gasteiger partial charge in [-0.25, -0.2) is 14.2 Å². The van der Waals surface area contributed by atoms with Crippen molar-refractivity contribution in [1.29, 1.82) is 5.26 Å². The molecule has 0 radical (unpaired) electrons. The van der Waals surface area contributed by atoms with Gasteiger partial charge < -0.3 is 15.0 Å². The molecule has 9 heteroatoms. The Labute approximate surface area is 163 Å². The summed E-state index contributed by atoms with van der Waals surface area (Å²) in [5.74, 6) is -0.470. The van der Waals surface area contributed by atoms with Gasteiger partial charge in [0.05, 0.1) is 11.7 Å². The number of anilines is 1. The van der Waals surface area contributed by atoms with Crippen LogP contribution in [-0.4, -0.2) is 42.2 Å². The topological polar surface area (TPSA) is 89.8 Å². The van der Waals surface area contributed by atoms with E-state index in [2.05, 4.69) is 15.6 Å². The highest BCUT2D eigenvalue weighted by molar-refractivity contribution is 8.13. The lowest BCUT2D eigenvalue weighted by molar-refractivity contribution is 0.0509. The Kier molecular flexibility index (Phi) is 6.91. The number of ether oxygens (including phenoxy) is 1. The van der Waals surface area contributed by atoms with Gasteiger partial charge in [-0.15, -0.1) is 0 Å². The van der Waals surface area contributed by atoms with Crippen LogP contribution in [0.25, 0.3) is 0 Å². The summed E-state index contributed by atoms with van der Waals surface area (Å²) in [6.07, 6.45) is 3.80. The maximum Gasteiger partial charge on any atom is 0.407 e. The van der Waals surface area contributed by atoms with Crippen molar-refractivity contribution in [2.75, 3.05) is 24.2 Å². The Morgan fingerprint density at radius 2 is 2.22 bits per heavy atom. The van der Waals surface area contributed by atoms with E-state index in [0.29, 0.717) is 30.4 Å². The van der Waals surface area contributed by atoms with Gasteiger partial charge >= 0.3 is 6.09 Å². The number of carbonyl (C=O) groups excluding carboxylic acids is 1. The number of nitrogens with one attached hydrogen (secondary N) is 2. The summed E-state index contributed by atoms with van der Waals surface area (Å²) in [4.78, 5) is 18.2. The highest BCUT2D eigenvalue weighted by atomic mass is 32.2. The van der Waals surface area contributed by atoms with Gasteiger partial charge in [-0.2, -0.15) is 5.26 Å². The Hall–Kier alpha value is -2.47. The summed E-state index contributed by atoms with van der Waals surface area (Å²) < 4.78 is 19.7. The summed E-state index contributed by atoms with van der Waals surface area (Å²) in [7, 11) is 0. The van der Waals surface area contributed by atoms with Gasteiger partial charge in [-0.05, 0) is 45.6 Å². The van der Waals surface area contributed by atoms with Crippen LogP contribution >= 0.6 is 11.8 Å². The summed E-state index contributed by atoms with van der Waals surface area (Å²) in [5, 5.41) is 14.4.